The number of methoxy groups -OCH3 is 1. The van der Waals surface area contributed by atoms with Gasteiger partial charge in [-0.15, -0.1) is 5.10 Å². The summed E-state index contributed by atoms with van der Waals surface area (Å²) >= 11 is 0. The molecule has 2 rings (SSSR count). The lowest BCUT2D eigenvalue weighted by molar-refractivity contribution is -0.140. The zero-order valence-corrected chi connectivity index (χ0v) is 14.4. The molecule has 2 N–H and O–H groups in total. The Labute approximate surface area is 147 Å². The van der Waals surface area contributed by atoms with Crippen LogP contribution in [0.3, 0.4) is 0 Å². The number of hydrogen-bond donors (Lipinski definition) is 2. The average molecular weight is 344 g/mol. The van der Waals surface area contributed by atoms with E-state index in [1.807, 2.05) is 30.3 Å². The number of unbranched alkanes of at least 4 members (excludes halogenated alkanes) is 3. The summed E-state index contributed by atoms with van der Waals surface area (Å²) in [4.78, 5) is 22.8. The second-order valence-electron chi connectivity index (χ2n) is 5.60. The fraction of sp³-hybridized carbons (Fsp3) is 0.389. The van der Waals surface area contributed by atoms with E-state index in [9.17, 15) is 9.59 Å². The predicted molar refractivity (Wildman–Crippen MR) is 95.7 cm³/mol. The minimum absolute atomic E-state index is 0.174. The van der Waals surface area contributed by atoms with Gasteiger partial charge in [0.15, 0.2) is 5.82 Å². The van der Waals surface area contributed by atoms with Crippen LogP contribution >= 0.6 is 0 Å². The highest BCUT2D eigenvalue weighted by atomic mass is 16.5. The Hall–Kier alpha value is -2.83. The van der Waals surface area contributed by atoms with Crippen LogP contribution in [0.2, 0.25) is 0 Å². The number of esters is 1. The zero-order chi connectivity index (χ0) is 17.9. The second kappa shape index (κ2) is 10.1. The summed E-state index contributed by atoms with van der Waals surface area (Å²) in [6.45, 7) is 0.587. The molecule has 0 radical (unpaired) electrons. The standard InChI is InChI=1S/C18H24N4O3/c1-25-17(23)11-7-2-3-8-13-19-18(24)20-16-12-14-22(21-16)15-9-5-4-6-10-15/h4-6,9-10,12,14H,2-3,7-8,11,13H2,1H3,(H2,19,20,21,24). The van der Waals surface area contributed by atoms with Crippen molar-refractivity contribution in [3.05, 3.63) is 42.6 Å². The molecule has 1 aromatic heterocycles. The summed E-state index contributed by atoms with van der Waals surface area (Å²) in [5.41, 5.74) is 0.933. The number of amides is 2. The second-order valence-corrected chi connectivity index (χ2v) is 5.60. The van der Waals surface area contributed by atoms with Crippen LogP contribution in [0.25, 0.3) is 5.69 Å². The Morgan fingerprint density at radius 1 is 1.08 bits per heavy atom. The van der Waals surface area contributed by atoms with E-state index in [-0.39, 0.29) is 12.0 Å². The van der Waals surface area contributed by atoms with E-state index in [0.29, 0.717) is 18.8 Å². The van der Waals surface area contributed by atoms with Crippen LogP contribution < -0.4 is 10.6 Å². The van der Waals surface area contributed by atoms with Crippen molar-refractivity contribution in [1.82, 2.24) is 15.1 Å². The molecule has 0 fully saturated rings. The highest BCUT2D eigenvalue weighted by molar-refractivity contribution is 5.88. The van der Waals surface area contributed by atoms with Crippen LogP contribution in [0.15, 0.2) is 42.6 Å². The Balaban J connectivity index is 1.61. The largest absolute Gasteiger partial charge is 0.469 e. The van der Waals surface area contributed by atoms with Gasteiger partial charge in [-0.25, -0.2) is 9.48 Å². The van der Waals surface area contributed by atoms with Gasteiger partial charge in [-0.1, -0.05) is 31.0 Å². The molecule has 0 saturated carbocycles. The van der Waals surface area contributed by atoms with Crippen molar-refractivity contribution in [2.45, 2.75) is 32.1 Å². The molecule has 0 saturated heterocycles. The molecule has 0 unspecified atom stereocenters. The summed E-state index contributed by atoms with van der Waals surface area (Å²) in [5.74, 6) is 0.326. The van der Waals surface area contributed by atoms with Gasteiger partial charge in [-0.3, -0.25) is 10.1 Å². The number of carbonyl (C=O) groups excluding carboxylic acids is 2. The number of urea groups is 1. The fourth-order valence-corrected chi connectivity index (χ4v) is 2.33. The number of anilines is 1. The molecule has 0 spiro atoms. The first kappa shape index (κ1) is 18.5. The number of nitrogens with zero attached hydrogens (tertiary/aromatic N) is 2. The maximum Gasteiger partial charge on any atom is 0.320 e. The van der Waals surface area contributed by atoms with E-state index in [1.54, 1.807) is 16.9 Å². The monoisotopic (exact) mass is 344 g/mol. The molecule has 2 aromatic rings. The molecule has 7 heteroatoms. The average Bonchev–Trinajstić information content (AvgIpc) is 3.09. The van der Waals surface area contributed by atoms with E-state index in [4.69, 9.17) is 0 Å². The van der Waals surface area contributed by atoms with Crippen molar-refractivity contribution in [2.24, 2.45) is 0 Å². The van der Waals surface area contributed by atoms with Gasteiger partial charge in [0.05, 0.1) is 12.8 Å². The molecule has 1 heterocycles. The van der Waals surface area contributed by atoms with Gasteiger partial charge in [-0.05, 0) is 25.0 Å². The van der Waals surface area contributed by atoms with E-state index in [1.165, 1.54) is 7.11 Å². The van der Waals surface area contributed by atoms with Gasteiger partial charge in [-0.2, -0.15) is 0 Å². The van der Waals surface area contributed by atoms with Crippen LogP contribution in [0, 0.1) is 0 Å². The Morgan fingerprint density at radius 2 is 1.84 bits per heavy atom. The van der Waals surface area contributed by atoms with Gasteiger partial charge in [0.25, 0.3) is 0 Å². The summed E-state index contributed by atoms with van der Waals surface area (Å²) in [6, 6.07) is 11.2. The first-order valence-electron chi connectivity index (χ1n) is 8.42. The molecule has 25 heavy (non-hydrogen) atoms. The van der Waals surface area contributed by atoms with Gasteiger partial charge in [0.2, 0.25) is 0 Å². The summed E-state index contributed by atoms with van der Waals surface area (Å²) in [5, 5.41) is 9.83. The molecule has 0 aliphatic rings. The minimum Gasteiger partial charge on any atom is -0.469 e. The smallest absolute Gasteiger partial charge is 0.320 e. The van der Waals surface area contributed by atoms with Crippen molar-refractivity contribution in [3.8, 4) is 5.69 Å². The number of aromatic nitrogens is 2. The molecule has 7 nitrogen and oxygen atoms in total. The third-order valence-corrected chi connectivity index (χ3v) is 3.67. The number of carbonyl (C=O) groups is 2. The van der Waals surface area contributed by atoms with Crippen molar-refractivity contribution in [2.75, 3.05) is 19.0 Å². The van der Waals surface area contributed by atoms with Crippen LogP contribution in [0.1, 0.15) is 32.1 Å². The van der Waals surface area contributed by atoms with Crippen LogP contribution in [-0.4, -0.2) is 35.4 Å². The van der Waals surface area contributed by atoms with E-state index in [0.717, 1.165) is 31.4 Å². The molecule has 2 amide bonds. The molecule has 0 aliphatic carbocycles. The van der Waals surface area contributed by atoms with Crippen molar-refractivity contribution >= 4 is 17.8 Å². The topological polar surface area (TPSA) is 85.2 Å². The lowest BCUT2D eigenvalue weighted by atomic mass is 10.1. The molecule has 0 bridgehead atoms. The third kappa shape index (κ3) is 6.66. The Bertz CT molecular complexity index is 670. The van der Waals surface area contributed by atoms with Crippen molar-refractivity contribution < 1.29 is 14.3 Å². The fourth-order valence-electron chi connectivity index (χ4n) is 2.33. The number of ether oxygens (including phenoxy) is 1. The molecule has 134 valence electrons. The van der Waals surface area contributed by atoms with E-state index in [2.05, 4.69) is 20.5 Å². The molecular formula is C18H24N4O3. The molecule has 1 aromatic carbocycles. The lowest BCUT2D eigenvalue weighted by Gasteiger charge is -2.06. The lowest BCUT2D eigenvalue weighted by Crippen LogP contribution is -2.29. The van der Waals surface area contributed by atoms with E-state index >= 15 is 0 Å². The SMILES string of the molecule is COC(=O)CCCCCCNC(=O)Nc1ccn(-c2ccccc2)n1. The highest BCUT2D eigenvalue weighted by Crippen LogP contribution is 2.09. The predicted octanol–water partition coefficient (Wildman–Crippen LogP) is 3.12. The normalized spacial score (nSPS) is 10.3. The van der Waals surface area contributed by atoms with E-state index < -0.39 is 0 Å². The molecule has 0 atom stereocenters. The van der Waals surface area contributed by atoms with Crippen molar-refractivity contribution in [3.63, 3.8) is 0 Å². The summed E-state index contributed by atoms with van der Waals surface area (Å²) in [7, 11) is 1.40. The molecular weight excluding hydrogens is 320 g/mol. The quantitative estimate of drug-likeness (QED) is 0.541. The Morgan fingerprint density at radius 3 is 2.60 bits per heavy atom. The third-order valence-electron chi connectivity index (χ3n) is 3.67. The summed E-state index contributed by atoms with van der Waals surface area (Å²) < 4.78 is 6.29. The maximum absolute atomic E-state index is 11.8. The number of rotatable bonds is 9. The van der Waals surface area contributed by atoms with Crippen LogP contribution in [0.5, 0.6) is 0 Å². The van der Waals surface area contributed by atoms with Crippen LogP contribution in [0.4, 0.5) is 10.6 Å². The zero-order valence-electron chi connectivity index (χ0n) is 14.4. The van der Waals surface area contributed by atoms with Crippen LogP contribution in [-0.2, 0) is 9.53 Å². The number of para-hydroxylation sites is 1. The number of hydrogen-bond acceptors (Lipinski definition) is 4. The van der Waals surface area contributed by atoms with Gasteiger partial charge < -0.3 is 10.1 Å². The van der Waals surface area contributed by atoms with Gasteiger partial charge in [0.1, 0.15) is 0 Å². The first-order valence-corrected chi connectivity index (χ1v) is 8.42. The number of benzene rings is 1. The first-order chi connectivity index (χ1) is 12.2. The minimum atomic E-state index is -0.270. The van der Waals surface area contributed by atoms with Gasteiger partial charge >= 0.3 is 12.0 Å². The highest BCUT2D eigenvalue weighted by Gasteiger charge is 2.05. The Kier molecular flexibility index (Phi) is 7.49. The van der Waals surface area contributed by atoms with Crippen molar-refractivity contribution in [1.29, 1.82) is 0 Å². The molecule has 0 aliphatic heterocycles. The summed E-state index contributed by atoms with van der Waals surface area (Å²) in [6.07, 6.45) is 5.84. The maximum atomic E-state index is 11.8. The van der Waals surface area contributed by atoms with Gasteiger partial charge in [0, 0.05) is 25.2 Å². The number of nitrogens with one attached hydrogen (secondary N) is 2.